The minimum absolute atomic E-state index is 0. The smallest absolute Gasteiger partial charge is 1.00 e. The summed E-state index contributed by atoms with van der Waals surface area (Å²) in [4.78, 5) is 0. The number of fused-ring (bicyclic) bond motifs is 5. The molecule has 5 aromatic carbocycles. The van der Waals surface area contributed by atoms with E-state index >= 15 is 0 Å². The largest absolute Gasteiger partial charge is 1.00 e. The maximum absolute atomic E-state index is 12.7. The molecule has 0 bridgehead atoms. The van der Waals surface area contributed by atoms with Crippen molar-refractivity contribution < 1.29 is 75.4 Å². The van der Waals surface area contributed by atoms with Crippen LogP contribution in [-0.2, 0) is 53.8 Å². The average Bonchev–Trinajstić information content (AvgIpc) is 3.78. The van der Waals surface area contributed by atoms with Crippen LogP contribution in [0, 0.1) is 19.9 Å². The topological polar surface area (TPSA) is 0 Å². The average molecular weight is 883 g/mol. The molecule has 0 amide bonds. The molecule has 9 heteroatoms. The minimum atomic E-state index is -4.49. The van der Waals surface area contributed by atoms with Gasteiger partial charge in [-0.25, -0.2) is 17.2 Å². The number of allylic oxidation sites excluding steroid dienone is 4. The number of aryl methyl sites for hydroxylation is 2. The third-order valence-corrected chi connectivity index (χ3v) is 11.9. The number of hydrogen-bond acceptors (Lipinski definition) is 0. The fraction of sp³-hybridized carbons (Fsp3) is 0.277. The molecule has 56 heavy (non-hydrogen) atoms. The van der Waals surface area contributed by atoms with Crippen LogP contribution in [0.2, 0.25) is 0 Å². The van der Waals surface area contributed by atoms with Crippen LogP contribution >= 0.6 is 0 Å². The summed E-state index contributed by atoms with van der Waals surface area (Å²) < 4.78 is 76.7. The van der Waals surface area contributed by atoms with E-state index in [4.69, 9.17) is 0 Å². The van der Waals surface area contributed by atoms with E-state index in [0.29, 0.717) is 3.21 Å². The molecule has 0 N–H and O–H groups in total. The second-order valence-electron chi connectivity index (χ2n) is 15.7. The Labute approximate surface area is 353 Å². The molecule has 0 atom stereocenters. The molecule has 0 heterocycles. The van der Waals surface area contributed by atoms with Crippen molar-refractivity contribution in [3.63, 3.8) is 0 Å². The van der Waals surface area contributed by atoms with Crippen LogP contribution in [0.25, 0.3) is 22.3 Å². The van der Waals surface area contributed by atoms with Crippen LogP contribution in [-0.4, -0.2) is 3.21 Å². The van der Waals surface area contributed by atoms with Crippen molar-refractivity contribution in [2.45, 2.75) is 85.0 Å². The zero-order chi connectivity index (χ0) is 39.5. The Hall–Kier alpha value is -3.38. The van der Waals surface area contributed by atoms with Gasteiger partial charge in [-0.1, -0.05) is 72.1 Å². The summed E-state index contributed by atoms with van der Waals surface area (Å²) in [6, 6.07) is 25.4. The number of halogens is 8. The SMILES string of the molecule is CC1=[C-]C(C)(C)c2cc3c(cc21)-c1cc2c(cc1C3)C(C)(C)C=C2C.Cc1c[cH-]c(C)c1.FC(F)(F)c1cccc([C](=[Zr+2])c2cccc(C(F)(F)F)c2)c1.[Cl-].[Cl-]. The standard InChI is InChI=1S/C25H25.C15H8F6.C7H9.2ClH.Zr/c1-14-12-24(3,4)22-8-16-7-17-9-23-19(15(2)13-25(23,5)6)11-21(17)20(16)10-18(14)22;16-14(17,18)12-5-1-3-10(8-12)7-11-4-2-6-13(9-11)15(19,20)21;1-6-3-4-7(2)5-6;;;/h8-12H,7H2,1-6H3;1-6,8-9H;3-5H,1-2H3;2*1H;/q-1;;-1;;;+2/p-2. The molecular weight excluding hydrogens is 841 g/mol. The van der Waals surface area contributed by atoms with Gasteiger partial charge < -0.3 is 24.8 Å². The summed E-state index contributed by atoms with van der Waals surface area (Å²) in [5.41, 5.74) is 16.2. The Bertz CT molecular complexity index is 2190. The maximum Gasteiger partial charge on any atom is -1.00 e. The summed E-state index contributed by atoms with van der Waals surface area (Å²) >= 11 is 0.729. The molecule has 0 aromatic heterocycles. The van der Waals surface area contributed by atoms with Gasteiger partial charge in [0.2, 0.25) is 0 Å². The predicted octanol–water partition coefficient (Wildman–Crippen LogP) is 7.32. The Morgan fingerprint density at radius 1 is 0.661 bits per heavy atom. The van der Waals surface area contributed by atoms with Crippen LogP contribution in [0.1, 0.15) is 108 Å². The molecule has 0 nitrogen and oxygen atoms in total. The molecule has 3 aliphatic carbocycles. The molecule has 0 radical (unpaired) electrons. The van der Waals surface area contributed by atoms with Crippen LogP contribution in [0.3, 0.4) is 0 Å². The zero-order valence-corrected chi connectivity index (χ0v) is 36.4. The van der Waals surface area contributed by atoms with Crippen molar-refractivity contribution in [1.82, 2.24) is 0 Å². The van der Waals surface area contributed by atoms with Gasteiger partial charge in [-0.05, 0) is 58.4 Å². The molecule has 0 aliphatic heterocycles. The first-order chi connectivity index (χ1) is 25.0. The normalized spacial score (nSPS) is 15.2. The first kappa shape index (κ1) is 45.3. The van der Waals surface area contributed by atoms with Crippen molar-refractivity contribution >= 4 is 14.4 Å². The second kappa shape index (κ2) is 16.5. The van der Waals surface area contributed by atoms with E-state index in [1.54, 1.807) is 0 Å². The van der Waals surface area contributed by atoms with E-state index in [9.17, 15) is 26.3 Å². The molecule has 0 fully saturated rings. The van der Waals surface area contributed by atoms with Crippen molar-refractivity contribution in [3.05, 3.63) is 170 Å². The third-order valence-electron chi connectivity index (χ3n) is 10.5. The van der Waals surface area contributed by atoms with Crippen LogP contribution < -0.4 is 24.8 Å². The fourth-order valence-electron chi connectivity index (χ4n) is 7.86. The van der Waals surface area contributed by atoms with E-state index in [2.05, 4.69) is 110 Å². The Kier molecular flexibility index (Phi) is 13.3. The van der Waals surface area contributed by atoms with Gasteiger partial charge in [0, 0.05) is 5.41 Å². The van der Waals surface area contributed by atoms with Gasteiger partial charge >= 0.3 is 137 Å². The third kappa shape index (κ3) is 9.32. The number of benzene rings is 4. The Morgan fingerprint density at radius 3 is 1.61 bits per heavy atom. The molecule has 8 rings (SSSR count). The molecule has 0 spiro atoms. The Balaban J connectivity index is 0.000000207. The van der Waals surface area contributed by atoms with E-state index in [-0.39, 0.29) is 46.8 Å². The van der Waals surface area contributed by atoms with Gasteiger partial charge in [-0.2, -0.15) is 23.3 Å². The van der Waals surface area contributed by atoms with E-state index in [0.717, 1.165) is 54.9 Å². The minimum Gasteiger partial charge on any atom is -1.00 e. The number of rotatable bonds is 2. The van der Waals surface area contributed by atoms with Crippen LogP contribution in [0.5, 0.6) is 0 Å². The number of alkyl halides is 6. The molecule has 0 unspecified atom stereocenters. The second-order valence-corrected chi connectivity index (χ2v) is 16.9. The summed E-state index contributed by atoms with van der Waals surface area (Å²) in [6.07, 6.45) is -1.84. The molecule has 0 saturated heterocycles. The molecule has 0 saturated carbocycles. The maximum atomic E-state index is 12.7. The summed E-state index contributed by atoms with van der Waals surface area (Å²) in [5, 5.41) is 0. The Morgan fingerprint density at radius 2 is 1.16 bits per heavy atom. The van der Waals surface area contributed by atoms with E-state index in [1.807, 2.05) is 0 Å². The van der Waals surface area contributed by atoms with Gasteiger partial charge in [0.15, 0.2) is 0 Å². The predicted molar refractivity (Wildman–Crippen MR) is 204 cm³/mol. The number of hydrogen-bond donors (Lipinski definition) is 0. The van der Waals surface area contributed by atoms with Crippen LogP contribution in [0.15, 0.2) is 97.1 Å². The summed E-state index contributed by atoms with van der Waals surface area (Å²) in [7, 11) is 0. The molecule has 292 valence electrons. The van der Waals surface area contributed by atoms with Crippen LogP contribution in [0.4, 0.5) is 26.3 Å². The first-order valence-electron chi connectivity index (χ1n) is 17.9. The molecular formula is C47H42Cl2F6Zr-2. The van der Waals surface area contributed by atoms with Crippen molar-refractivity contribution in [2.75, 3.05) is 0 Å². The monoisotopic (exact) mass is 880 g/mol. The summed E-state index contributed by atoms with van der Waals surface area (Å²) in [6.45, 7) is 17.9. The quantitative estimate of drug-likeness (QED) is 0.127. The van der Waals surface area contributed by atoms with Crippen molar-refractivity contribution in [3.8, 4) is 11.1 Å². The van der Waals surface area contributed by atoms with Crippen molar-refractivity contribution in [2.24, 2.45) is 0 Å². The summed E-state index contributed by atoms with van der Waals surface area (Å²) in [5.74, 6) is 0. The van der Waals surface area contributed by atoms with E-state index in [1.165, 1.54) is 91.0 Å². The molecule has 5 aromatic rings. The molecule has 3 aliphatic rings. The van der Waals surface area contributed by atoms with Gasteiger partial charge in [-0.15, -0.1) is 11.6 Å². The van der Waals surface area contributed by atoms with Gasteiger partial charge in [0.05, 0.1) is 0 Å². The first-order valence-corrected chi connectivity index (χ1v) is 19.1. The zero-order valence-electron chi connectivity index (χ0n) is 32.5. The fourth-order valence-corrected chi connectivity index (χ4v) is 8.63. The van der Waals surface area contributed by atoms with Gasteiger partial charge in [0.25, 0.3) is 0 Å². The van der Waals surface area contributed by atoms with Gasteiger partial charge in [0.1, 0.15) is 0 Å². The van der Waals surface area contributed by atoms with E-state index < -0.39 is 23.5 Å². The van der Waals surface area contributed by atoms with Gasteiger partial charge in [-0.3, -0.25) is 6.08 Å². The van der Waals surface area contributed by atoms with Crippen molar-refractivity contribution in [1.29, 1.82) is 0 Å².